The van der Waals surface area contributed by atoms with E-state index in [2.05, 4.69) is 26.2 Å². The predicted octanol–water partition coefficient (Wildman–Crippen LogP) is 5.79. The van der Waals surface area contributed by atoms with Crippen LogP contribution in [0.2, 0.25) is 5.02 Å². The molecular formula is C18H11BrClN3O3S. The number of hydrogen-bond donors (Lipinski definition) is 1. The molecule has 0 aliphatic heterocycles. The zero-order valence-electron chi connectivity index (χ0n) is 13.6. The van der Waals surface area contributed by atoms with E-state index in [-0.39, 0.29) is 16.6 Å². The Labute approximate surface area is 171 Å². The van der Waals surface area contributed by atoms with E-state index >= 15 is 0 Å². The summed E-state index contributed by atoms with van der Waals surface area (Å²) in [5, 5.41) is 15.9. The predicted molar refractivity (Wildman–Crippen MR) is 111 cm³/mol. The van der Waals surface area contributed by atoms with Crippen LogP contribution >= 0.6 is 38.9 Å². The van der Waals surface area contributed by atoms with Gasteiger partial charge in [0.1, 0.15) is 5.02 Å². The van der Waals surface area contributed by atoms with Gasteiger partial charge in [-0.15, -0.1) is 11.3 Å². The number of aromatic nitrogens is 1. The quantitative estimate of drug-likeness (QED) is 0.294. The monoisotopic (exact) mass is 463 g/mol. The molecule has 3 rings (SSSR count). The minimum absolute atomic E-state index is 0.0462. The summed E-state index contributed by atoms with van der Waals surface area (Å²) in [5.41, 5.74) is 1.99. The highest BCUT2D eigenvalue weighted by Gasteiger charge is 2.12. The summed E-state index contributed by atoms with van der Waals surface area (Å²) >= 11 is 10.5. The van der Waals surface area contributed by atoms with Gasteiger partial charge in [-0.1, -0.05) is 45.7 Å². The number of nitrogens with zero attached hydrogens (tertiary/aromatic N) is 2. The highest BCUT2D eigenvalue weighted by molar-refractivity contribution is 9.10. The molecule has 9 heteroatoms. The van der Waals surface area contributed by atoms with Gasteiger partial charge < -0.3 is 0 Å². The number of nitro benzene ring substituents is 1. The van der Waals surface area contributed by atoms with Crippen LogP contribution in [0, 0.1) is 10.1 Å². The van der Waals surface area contributed by atoms with Gasteiger partial charge in [0.15, 0.2) is 5.13 Å². The molecule has 0 bridgehead atoms. The van der Waals surface area contributed by atoms with Gasteiger partial charge in [0.2, 0.25) is 5.91 Å². The Balaban J connectivity index is 1.68. The fraction of sp³-hybridized carbons (Fsp3) is 0. The van der Waals surface area contributed by atoms with Crippen molar-refractivity contribution in [2.45, 2.75) is 0 Å². The van der Waals surface area contributed by atoms with Crippen LogP contribution in [0.1, 0.15) is 5.56 Å². The van der Waals surface area contributed by atoms with Gasteiger partial charge in [-0.3, -0.25) is 20.2 Å². The minimum atomic E-state index is -0.570. The standard InChI is InChI=1S/C18H11BrClN3O3S/c19-13-5-3-12(4-6-13)15-10-27-18(21-15)22-17(24)8-2-11-1-7-14(20)16(9-11)23(25)26/h1-10H,(H,21,22,24)/b8-2+. The van der Waals surface area contributed by atoms with Crippen molar-refractivity contribution in [3.8, 4) is 11.3 Å². The van der Waals surface area contributed by atoms with Crippen LogP contribution in [-0.2, 0) is 4.79 Å². The molecule has 1 aromatic heterocycles. The highest BCUT2D eigenvalue weighted by atomic mass is 79.9. The van der Waals surface area contributed by atoms with Crippen LogP contribution in [0.3, 0.4) is 0 Å². The van der Waals surface area contributed by atoms with Crippen molar-refractivity contribution >= 4 is 61.7 Å². The maximum Gasteiger partial charge on any atom is 0.288 e. The number of anilines is 1. The normalized spacial score (nSPS) is 10.9. The average Bonchev–Trinajstić information content (AvgIpc) is 3.09. The number of nitrogens with one attached hydrogen (secondary N) is 1. The van der Waals surface area contributed by atoms with Gasteiger partial charge in [0, 0.05) is 27.6 Å². The molecule has 6 nitrogen and oxygen atoms in total. The number of halogens is 2. The topological polar surface area (TPSA) is 85.1 Å². The molecule has 0 saturated carbocycles. The number of rotatable bonds is 5. The maximum absolute atomic E-state index is 12.1. The third-order valence-electron chi connectivity index (χ3n) is 3.47. The summed E-state index contributed by atoms with van der Waals surface area (Å²) in [6, 6.07) is 12.0. The number of amides is 1. The number of thiazole rings is 1. The molecule has 0 aliphatic rings. The van der Waals surface area contributed by atoms with E-state index in [1.807, 2.05) is 29.6 Å². The van der Waals surface area contributed by atoms with Gasteiger partial charge in [0.25, 0.3) is 5.69 Å². The first-order chi connectivity index (χ1) is 12.9. The summed E-state index contributed by atoms with van der Waals surface area (Å²) in [5.74, 6) is -0.385. The highest BCUT2D eigenvalue weighted by Crippen LogP contribution is 2.27. The summed E-state index contributed by atoms with van der Waals surface area (Å²) in [7, 11) is 0. The number of benzene rings is 2. The van der Waals surface area contributed by atoms with Crippen molar-refractivity contribution in [3.05, 3.63) is 79.1 Å². The Kier molecular flexibility index (Phi) is 6.00. The van der Waals surface area contributed by atoms with Crippen LogP contribution in [0.5, 0.6) is 0 Å². The largest absolute Gasteiger partial charge is 0.298 e. The van der Waals surface area contributed by atoms with E-state index in [9.17, 15) is 14.9 Å². The number of nitro groups is 1. The molecule has 27 heavy (non-hydrogen) atoms. The molecule has 1 heterocycles. The van der Waals surface area contributed by atoms with Crippen LogP contribution in [0.25, 0.3) is 17.3 Å². The minimum Gasteiger partial charge on any atom is -0.298 e. The number of hydrogen-bond acceptors (Lipinski definition) is 5. The molecule has 0 radical (unpaired) electrons. The van der Waals surface area contributed by atoms with E-state index in [1.165, 1.54) is 35.6 Å². The Morgan fingerprint density at radius 3 is 2.70 bits per heavy atom. The van der Waals surface area contributed by atoms with Crippen molar-refractivity contribution in [3.63, 3.8) is 0 Å². The second-order valence-corrected chi connectivity index (χ2v) is 7.52. The molecule has 0 spiro atoms. The summed E-state index contributed by atoms with van der Waals surface area (Å²) < 4.78 is 0.975. The molecule has 1 amide bonds. The van der Waals surface area contributed by atoms with E-state index in [4.69, 9.17) is 11.6 Å². The maximum atomic E-state index is 12.1. The van der Waals surface area contributed by atoms with E-state index in [0.717, 1.165) is 15.7 Å². The molecule has 136 valence electrons. The van der Waals surface area contributed by atoms with Crippen molar-refractivity contribution in [1.29, 1.82) is 0 Å². The Bertz CT molecular complexity index is 1030. The van der Waals surface area contributed by atoms with Crippen LogP contribution in [-0.4, -0.2) is 15.8 Å². The first kappa shape index (κ1) is 19.2. The molecule has 0 aliphatic carbocycles. The summed E-state index contributed by atoms with van der Waals surface area (Å²) in [6.45, 7) is 0. The fourth-order valence-corrected chi connectivity index (χ4v) is 3.35. The van der Waals surface area contributed by atoms with Gasteiger partial charge >= 0.3 is 0 Å². The van der Waals surface area contributed by atoms with Crippen LogP contribution in [0.4, 0.5) is 10.8 Å². The van der Waals surface area contributed by atoms with E-state index < -0.39 is 4.92 Å². The molecule has 0 unspecified atom stereocenters. The van der Waals surface area contributed by atoms with E-state index in [0.29, 0.717) is 10.7 Å². The fourth-order valence-electron chi connectivity index (χ4n) is 2.18. The smallest absolute Gasteiger partial charge is 0.288 e. The van der Waals surface area contributed by atoms with Crippen LogP contribution < -0.4 is 5.32 Å². The Morgan fingerprint density at radius 1 is 1.26 bits per heavy atom. The SMILES string of the molecule is O=C(/C=C/c1ccc(Cl)c([N+](=O)[O-])c1)Nc1nc(-c2ccc(Br)cc2)cs1. The van der Waals surface area contributed by atoms with Gasteiger partial charge in [-0.05, 0) is 29.8 Å². The lowest BCUT2D eigenvalue weighted by molar-refractivity contribution is -0.384. The zero-order valence-corrected chi connectivity index (χ0v) is 16.7. The van der Waals surface area contributed by atoms with Gasteiger partial charge in [0.05, 0.1) is 10.6 Å². The Hall–Kier alpha value is -2.55. The molecule has 0 saturated heterocycles. The lowest BCUT2D eigenvalue weighted by Gasteiger charge is -1.99. The summed E-state index contributed by atoms with van der Waals surface area (Å²) in [4.78, 5) is 26.8. The third kappa shape index (κ3) is 5.00. The van der Waals surface area contributed by atoms with Crippen molar-refractivity contribution in [1.82, 2.24) is 4.98 Å². The second kappa shape index (κ2) is 8.43. The zero-order chi connectivity index (χ0) is 19.4. The third-order valence-corrected chi connectivity index (χ3v) is 5.07. The summed E-state index contributed by atoms with van der Waals surface area (Å²) in [6.07, 6.45) is 2.76. The van der Waals surface area contributed by atoms with Gasteiger partial charge in [-0.25, -0.2) is 4.98 Å². The molecule has 1 N–H and O–H groups in total. The lowest BCUT2D eigenvalue weighted by atomic mass is 10.2. The molecule has 0 atom stereocenters. The number of carbonyl (C=O) groups is 1. The first-order valence-electron chi connectivity index (χ1n) is 7.57. The van der Waals surface area contributed by atoms with Gasteiger partial charge in [-0.2, -0.15) is 0 Å². The average molecular weight is 465 g/mol. The number of carbonyl (C=O) groups excluding carboxylic acids is 1. The Morgan fingerprint density at radius 2 is 2.00 bits per heavy atom. The van der Waals surface area contributed by atoms with Crippen molar-refractivity contribution in [2.75, 3.05) is 5.32 Å². The first-order valence-corrected chi connectivity index (χ1v) is 9.62. The van der Waals surface area contributed by atoms with E-state index in [1.54, 1.807) is 6.07 Å². The lowest BCUT2D eigenvalue weighted by Crippen LogP contribution is -2.07. The molecule has 3 aromatic rings. The molecule has 0 fully saturated rings. The molecule has 2 aromatic carbocycles. The van der Waals surface area contributed by atoms with Crippen molar-refractivity contribution < 1.29 is 9.72 Å². The second-order valence-electron chi connectivity index (χ2n) is 5.34. The van der Waals surface area contributed by atoms with Crippen molar-refractivity contribution in [2.24, 2.45) is 0 Å². The van der Waals surface area contributed by atoms with Crippen LogP contribution in [0.15, 0.2) is 58.4 Å². The molecular weight excluding hydrogens is 454 g/mol.